The fourth-order valence-electron chi connectivity index (χ4n) is 3.02. The van der Waals surface area contributed by atoms with E-state index < -0.39 is 0 Å². The van der Waals surface area contributed by atoms with Crippen molar-refractivity contribution in [3.63, 3.8) is 0 Å². The highest BCUT2D eigenvalue weighted by molar-refractivity contribution is 6.30. The molecule has 1 aliphatic rings. The first-order valence-corrected chi connectivity index (χ1v) is 8.76. The van der Waals surface area contributed by atoms with Gasteiger partial charge in [-0.1, -0.05) is 28.9 Å². The molecule has 1 aromatic heterocycles. The van der Waals surface area contributed by atoms with Crippen molar-refractivity contribution in [2.75, 3.05) is 5.32 Å². The molecule has 0 fully saturated rings. The van der Waals surface area contributed by atoms with Crippen molar-refractivity contribution in [2.24, 2.45) is 0 Å². The van der Waals surface area contributed by atoms with E-state index >= 15 is 0 Å². The van der Waals surface area contributed by atoms with Gasteiger partial charge in [0.25, 0.3) is 5.91 Å². The van der Waals surface area contributed by atoms with Crippen LogP contribution in [-0.4, -0.2) is 20.9 Å². The summed E-state index contributed by atoms with van der Waals surface area (Å²) in [5.41, 5.74) is 3.19. The highest BCUT2D eigenvalue weighted by Crippen LogP contribution is 2.27. The van der Waals surface area contributed by atoms with E-state index in [2.05, 4.69) is 15.6 Å². The van der Waals surface area contributed by atoms with E-state index in [1.807, 2.05) is 6.92 Å². The summed E-state index contributed by atoms with van der Waals surface area (Å²) < 4.78 is 20.6. The molecular weight excluding hydrogens is 371 g/mol. The molecule has 0 unspecified atom stereocenters. The number of hydrogen-bond acceptors (Lipinski definition) is 4. The number of anilines is 1. The topological polar surface area (TPSA) is 69.0 Å². The minimum Gasteiger partial charge on any atom is -0.365 e. The second kappa shape index (κ2) is 7.09. The molecular formula is C19H16ClFN4O2. The van der Waals surface area contributed by atoms with Gasteiger partial charge in [0.2, 0.25) is 0 Å². The first-order valence-electron chi connectivity index (χ1n) is 8.38. The largest absolute Gasteiger partial charge is 0.365 e. The van der Waals surface area contributed by atoms with Gasteiger partial charge < -0.3 is 10.1 Å². The van der Waals surface area contributed by atoms with Gasteiger partial charge >= 0.3 is 0 Å². The number of carbonyl (C=O) groups excluding carboxylic acids is 1. The Bertz CT molecular complexity index is 1000. The zero-order chi connectivity index (χ0) is 19.0. The van der Waals surface area contributed by atoms with Gasteiger partial charge in [-0.05, 0) is 48.4 Å². The average molecular weight is 387 g/mol. The molecule has 27 heavy (non-hydrogen) atoms. The maximum absolute atomic E-state index is 13.1. The van der Waals surface area contributed by atoms with Crippen molar-refractivity contribution in [1.29, 1.82) is 0 Å². The fourth-order valence-corrected chi connectivity index (χ4v) is 3.24. The molecule has 1 atom stereocenters. The third-order valence-electron chi connectivity index (χ3n) is 4.49. The summed E-state index contributed by atoms with van der Waals surface area (Å²) in [4.78, 5) is 12.6. The van der Waals surface area contributed by atoms with Crippen LogP contribution in [0.5, 0.6) is 0 Å². The van der Waals surface area contributed by atoms with Crippen LogP contribution in [0.1, 0.15) is 33.4 Å². The van der Waals surface area contributed by atoms with Gasteiger partial charge in [-0.2, -0.15) is 0 Å². The zero-order valence-electron chi connectivity index (χ0n) is 14.4. The molecule has 3 aromatic rings. The number of halogens is 2. The number of ether oxygens (including phenoxy) is 1. The molecule has 0 radical (unpaired) electrons. The smallest absolute Gasteiger partial charge is 0.278 e. The van der Waals surface area contributed by atoms with Gasteiger partial charge in [-0.3, -0.25) is 4.79 Å². The Balaban J connectivity index is 1.52. The van der Waals surface area contributed by atoms with Crippen molar-refractivity contribution in [3.8, 4) is 0 Å². The lowest BCUT2D eigenvalue weighted by molar-refractivity contribution is -0.00174. The molecule has 6 nitrogen and oxygen atoms in total. The van der Waals surface area contributed by atoms with Gasteiger partial charge in [0, 0.05) is 10.7 Å². The van der Waals surface area contributed by atoms with E-state index in [4.69, 9.17) is 16.3 Å². The summed E-state index contributed by atoms with van der Waals surface area (Å²) in [6, 6.07) is 11.4. The van der Waals surface area contributed by atoms with Crippen molar-refractivity contribution >= 4 is 23.2 Å². The van der Waals surface area contributed by atoms with E-state index in [-0.39, 0.29) is 30.1 Å². The standard InChI is InChI=1S/C19H16ClFN4O2/c1-11-8-13(20)4-7-15(11)22-19(26)18-16-10-27-17(9-25(16)24-23-18)12-2-5-14(21)6-3-12/h2-8,17H,9-10H2,1H3,(H,22,26)/t17-/m1/s1. The molecule has 4 rings (SSSR count). The van der Waals surface area contributed by atoms with Gasteiger partial charge in [0.05, 0.1) is 18.8 Å². The number of carbonyl (C=O) groups is 1. The lowest BCUT2D eigenvalue weighted by Crippen LogP contribution is -2.24. The molecule has 1 amide bonds. The van der Waals surface area contributed by atoms with Gasteiger partial charge in [-0.25, -0.2) is 9.07 Å². The summed E-state index contributed by atoms with van der Waals surface area (Å²) >= 11 is 5.95. The van der Waals surface area contributed by atoms with Crippen LogP contribution in [0.15, 0.2) is 42.5 Å². The number of aryl methyl sites for hydroxylation is 1. The third-order valence-corrected chi connectivity index (χ3v) is 4.73. The van der Waals surface area contributed by atoms with E-state index in [0.29, 0.717) is 22.9 Å². The number of benzene rings is 2. The molecule has 2 heterocycles. The number of fused-ring (bicyclic) bond motifs is 1. The van der Waals surface area contributed by atoms with Crippen LogP contribution in [0, 0.1) is 12.7 Å². The number of nitrogens with one attached hydrogen (secondary N) is 1. The molecule has 0 spiro atoms. The van der Waals surface area contributed by atoms with Crippen molar-refractivity contribution in [1.82, 2.24) is 15.0 Å². The highest BCUT2D eigenvalue weighted by atomic mass is 35.5. The molecule has 0 aliphatic carbocycles. The minimum atomic E-state index is -0.356. The van der Waals surface area contributed by atoms with E-state index in [9.17, 15) is 9.18 Å². The number of aromatic nitrogens is 3. The van der Waals surface area contributed by atoms with Crippen LogP contribution in [0.25, 0.3) is 0 Å². The van der Waals surface area contributed by atoms with Crippen LogP contribution in [0.2, 0.25) is 5.02 Å². The van der Waals surface area contributed by atoms with Gasteiger partial charge in [-0.15, -0.1) is 5.10 Å². The molecule has 138 valence electrons. The molecule has 1 aliphatic heterocycles. The first kappa shape index (κ1) is 17.6. The highest BCUT2D eigenvalue weighted by Gasteiger charge is 2.28. The number of rotatable bonds is 3. The lowest BCUT2D eigenvalue weighted by atomic mass is 10.1. The minimum absolute atomic E-state index is 0.192. The predicted octanol–water partition coefficient (Wildman–Crippen LogP) is 3.90. The number of nitrogens with zero attached hydrogens (tertiary/aromatic N) is 3. The summed E-state index contributed by atoms with van der Waals surface area (Å²) in [7, 11) is 0. The fraction of sp³-hybridized carbons (Fsp3) is 0.211. The van der Waals surface area contributed by atoms with E-state index in [1.54, 1.807) is 35.0 Å². The normalized spacial score (nSPS) is 16.0. The molecule has 2 aromatic carbocycles. The molecule has 0 saturated heterocycles. The Hall–Kier alpha value is -2.77. The second-order valence-corrected chi connectivity index (χ2v) is 6.77. The molecule has 0 bridgehead atoms. The predicted molar refractivity (Wildman–Crippen MR) is 98.1 cm³/mol. The maximum Gasteiger partial charge on any atom is 0.278 e. The SMILES string of the molecule is Cc1cc(Cl)ccc1NC(=O)c1nnn2c1CO[C@@H](c1ccc(F)cc1)C2. The van der Waals surface area contributed by atoms with Crippen LogP contribution in [-0.2, 0) is 17.9 Å². The Morgan fingerprint density at radius 1 is 1.30 bits per heavy atom. The quantitative estimate of drug-likeness (QED) is 0.741. The third kappa shape index (κ3) is 3.56. The Morgan fingerprint density at radius 3 is 2.81 bits per heavy atom. The van der Waals surface area contributed by atoms with Gasteiger partial charge in [0.15, 0.2) is 5.69 Å². The summed E-state index contributed by atoms with van der Waals surface area (Å²) in [5, 5.41) is 11.5. The summed E-state index contributed by atoms with van der Waals surface area (Å²) in [6.07, 6.45) is -0.269. The van der Waals surface area contributed by atoms with Crippen molar-refractivity contribution in [2.45, 2.75) is 26.2 Å². The zero-order valence-corrected chi connectivity index (χ0v) is 15.2. The van der Waals surface area contributed by atoms with Crippen LogP contribution in [0.3, 0.4) is 0 Å². The van der Waals surface area contributed by atoms with Crippen LogP contribution >= 0.6 is 11.6 Å². The Kier molecular flexibility index (Phi) is 4.63. The van der Waals surface area contributed by atoms with Crippen LogP contribution in [0.4, 0.5) is 10.1 Å². The summed E-state index contributed by atoms with van der Waals surface area (Å²) in [5.74, 6) is -0.655. The molecule has 8 heteroatoms. The van der Waals surface area contributed by atoms with Crippen molar-refractivity contribution in [3.05, 3.63) is 75.8 Å². The maximum atomic E-state index is 13.1. The van der Waals surface area contributed by atoms with Crippen molar-refractivity contribution < 1.29 is 13.9 Å². The lowest BCUT2D eigenvalue weighted by Gasteiger charge is -2.24. The van der Waals surface area contributed by atoms with Gasteiger partial charge in [0.1, 0.15) is 11.9 Å². The monoisotopic (exact) mass is 386 g/mol. The molecule has 0 saturated carbocycles. The Morgan fingerprint density at radius 2 is 2.07 bits per heavy atom. The molecule has 1 N–H and O–H groups in total. The number of amides is 1. The van der Waals surface area contributed by atoms with E-state index in [1.165, 1.54) is 12.1 Å². The Labute approximate surface area is 159 Å². The van der Waals surface area contributed by atoms with E-state index in [0.717, 1.165) is 11.1 Å². The second-order valence-electron chi connectivity index (χ2n) is 6.33. The first-order chi connectivity index (χ1) is 13.0. The van der Waals surface area contributed by atoms with Crippen LogP contribution < -0.4 is 5.32 Å². The average Bonchev–Trinajstić information content (AvgIpc) is 3.08. The number of hydrogen-bond donors (Lipinski definition) is 1. The summed E-state index contributed by atoms with van der Waals surface area (Å²) in [6.45, 7) is 2.46.